The second kappa shape index (κ2) is 7.20. The van der Waals surface area contributed by atoms with Crippen LogP contribution in [-0.4, -0.2) is 11.8 Å². The van der Waals surface area contributed by atoms with Crippen molar-refractivity contribution < 1.29 is 9.47 Å². The number of nitriles is 1. The first kappa shape index (κ1) is 16.6. The van der Waals surface area contributed by atoms with Gasteiger partial charge in [0.2, 0.25) is 6.79 Å². The number of halogens is 1. The van der Waals surface area contributed by atoms with Gasteiger partial charge < -0.3 is 14.8 Å². The summed E-state index contributed by atoms with van der Waals surface area (Å²) in [5.74, 6) is 1.45. The van der Waals surface area contributed by atoms with E-state index in [1.807, 2.05) is 47.8 Å². The lowest BCUT2D eigenvalue weighted by molar-refractivity contribution is 0.174. The Hall–Kier alpha value is -2.82. The maximum atomic E-state index is 9.48. The van der Waals surface area contributed by atoms with E-state index >= 15 is 0 Å². The molecule has 2 heterocycles. The summed E-state index contributed by atoms with van der Waals surface area (Å²) in [4.78, 5) is 4.59. The highest BCUT2D eigenvalue weighted by Gasteiger charge is 2.15. The molecule has 4 rings (SSSR count). The summed E-state index contributed by atoms with van der Waals surface area (Å²) in [5, 5.41) is 15.2. The van der Waals surface area contributed by atoms with Gasteiger partial charge in [0.15, 0.2) is 11.5 Å². The van der Waals surface area contributed by atoms with E-state index in [1.165, 1.54) is 11.3 Å². The Kier molecular flexibility index (Phi) is 4.61. The minimum Gasteiger partial charge on any atom is -0.454 e. The Bertz CT molecular complexity index is 1040. The number of nitrogens with one attached hydrogen (secondary N) is 1. The normalized spacial score (nSPS) is 12.7. The molecule has 0 radical (unpaired) electrons. The molecule has 0 amide bonds. The molecule has 1 aliphatic rings. The van der Waals surface area contributed by atoms with Crippen molar-refractivity contribution in [2.75, 3.05) is 12.1 Å². The Morgan fingerprint density at radius 3 is 2.96 bits per heavy atom. The molecule has 0 spiro atoms. The molecule has 1 N–H and O–H groups in total. The van der Waals surface area contributed by atoms with Crippen molar-refractivity contribution in [2.24, 2.45) is 0 Å². The van der Waals surface area contributed by atoms with Crippen molar-refractivity contribution in [3.8, 4) is 28.8 Å². The molecule has 0 unspecified atom stereocenters. The number of aromatic nitrogens is 1. The molecular formula is C19H12BrN3O2S. The summed E-state index contributed by atoms with van der Waals surface area (Å²) >= 11 is 4.85. The molecule has 7 heteroatoms. The minimum atomic E-state index is 0.240. The first-order valence-electron chi connectivity index (χ1n) is 7.71. The number of anilines is 1. The summed E-state index contributed by atoms with van der Waals surface area (Å²) < 4.78 is 11.7. The Morgan fingerprint density at radius 1 is 1.23 bits per heavy atom. The average molecular weight is 426 g/mol. The average Bonchev–Trinajstić information content (AvgIpc) is 3.31. The lowest BCUT2D eigenvalue weighted by Gasteiger charge is -2.02. The van der Waals surface area contributed by atoms with Gasteiger partial charge >= 0.3 is 0 Å². The van der Waals surface area contributed by atoms with Gasteiger partial charge in [-0.05, 0) is 36.4 Å². The van der Waals surface area contributed by atoms with E-state index in [1.54, 1.807) is 6.20 Å². The largest absolute Gasteiger partial charge is 0.454 e. The molecule has 0 bridgehead atoms. The van der Waals surface area contributed by atoms with Crippen molar-refractivity contribution in [3.63, 3.8) is 0 Å². The number of thiazole rings is 1. The SMILES string of the molecule is N#C/C(=C\Nc1cccc(Br)c1)c1nc(-c2ccc3c(c2)OCO3)cs1. The molecule has 0 saturated heterocycles. The minimum absolute atomic E-state index is 0.240. The lowest BCUT2D eigenvalue weighted by Crippen LogP contribution is -1.92. The maximum Gasteiger partial charge on any atom is 0.231 e. The lowest BCUT2D eigenvalue weighted by atomic mass is 10.1. The van der Waals surface area contributed by atoms with E-state index in [0.29, 0.717) is 16.3 Å². The van der Waals surface area contributed by atoms with Crippen molar-refractivity contribution in [3.05, 3.63) is 63.5 Å². The van der Waals surface area contributed by atoms with Gasteiger partial charge in [-0.25, -0.2) is 4.98 Å². The van der Waals surface area contributed by atoms with Gasteiger partial charge in [0, 0.05) is 27.3 Å². The second-order valence-electron chi connectivity index (χ2n) is 5.43. The number of ether oxygens (including phenoxy) is 2. The molecule has 26 heavy (non-hydrogen) atoms. The molecule has 0 saturated carbocycles. The van der Waals surface area contributed by atoms with Crippen LogP contribution in [0, 0.1) is 11.3 Å². The quantitative estimate of drug-likeness (QED) is 0.576. The van der Waals surface area contributed by atoms with Crippen LogP contribution < -0.4 is 14.8 Å². The fraction of sp³-hybridized carbons (Fsp3) is 0.0526. The standard InChI is InChI=1S/C19H12BrN3O2S/c20-14-2-1-3-15(7-14)22-9-13(8-21)19-23-16(10-26-19)12-4-5-17-18(6-12)25-11-24-17/h1-7,9-10,22H,11H2/b13-9+. The number of hydrogen-bond acceptors (Lipinski definition) is 6. The first-order chi connectivity index (χ1) is 12.7. The molecule has 0 aliphatic carbocycles. The Balaban J connectivity index is 1.57. The molecule has 3 aromatic rings. The summed E-state index contributed by atoms with van der Waals surface area (Å²) in [5.41, 5.74) is 3.09. The van der Waals surface area contributed by atoms with Gasteiger partial charge in [0.05, 0.1) is 5.69 Å². The highest BCUT2D eigenvalue weighted by molar-refractivity contribution is 9.10. The van der Waals surface area contributed by atoms with E-state index in [-0.39, 0.29) is 6.79 Å². The van der Waals surface area contributed by atoms with Crippen LogP contribution in [0.25, 0.3) is 16.8 Å². The van der Waals surface area contributed by atoms with E-state index in [2.05, 4.69) is 32.3 Å². The summed E-state index contributed by atoms with van der Waals surface area (Å²) in [6.45, 7) is 0.240. The van der Waals surface area contributed by atoms with Crippen LogP contribution in [0.3, 0.4) is 0 Å². The number of allylic oxidation sites excluding steroid dienone is 1. The zero-order valence-electron chi connectivity index (χ0n) is 13.4. The Morgan fingerprint density at radius 2 is 2.12 bits per heavy atom. The van der Waals surface area contributed by atoms with E-state index < -0.39 is 0 Å². The zero-order chi connectivity index (χ0) is 17.9. The fourth-order valence-electron chi connectivity index (χ4n) is 2.46. The molecule has 0 fully saturated rings. The van der Waals surface area contributed by atoms with Gasteiger partial charge in [-0.15, -0.1) is 11.3 Å². The van der Waals surface area contributed by atoms with E-state index in [4.69, 9.17) is 9.47 Å². The Labute approximate surface area is 162 Å². The second-order valence-corrected chi connectivity index (χ2v) is 7.20. The van der Waals surface area contributed by atoms with Crippen LogP contribution in [-0.2, 0) is 0 Å². The van der Waals surface area contributed by atoms with Gasteiger partial charge in [0.25, 0.3) is 0 Å². The van der Waals surface area contributed by atoms with Gasteiger partial charge in [0.1, 0.15) is 16.6 Å². The third-order valence-electron chi connectivity index (χ3n) is 3.73. The van der Waals surface area contributed by atoms with Crippen molar-refractivity contribution in [2.45, 2.75) is 0 Å². The fourth-order valence-corrected chi connectivity index (χ4v) is 3.66. The van der Waals surface area contributed by atoms with Gasteiger partial charge in [-0.1, -0.05) is 22.0 Å². The molecule has 1 aliphatic heterocycles. The number of rotatable bonds is 4. The molecule has 5 nitrogen and oxygen atoms in total. The predicted molar refractivity (Wildman–Crippen MR) is 105 cm³/mol. The van der Waals surface area contributed by atoms with Crippen molar-refractivity contribution in [1.29, 1.82) is 5.26 Å². The zero-order valence-corrected chi connectivity index (χ0v) is 15.8. The highest BCUT2D eigenvalue weighted by Crippen LogP contribution is 2.36. The van der Waals surface area contributed by atoms with Crippen molar-refractivity contribution in [1.82, 2.24) is 4.98 Å². The molecule has 0 atom stereocenters. The summed E-state index contributed by atoms with van der Waals surface area (Å²) in [6, 6.07) is 15.6. The van der Waals surface area contributed by atoms with Gasteiger partial charge in [-0.2, -0.15) is 5.26 Å². The molecule has 128 valence electrons. The number of hydrogen-bond donors (Lipinski definition) is 1. The third-order valence-corrected chi connectivity index (χ3v) is 5.10. The number of benzene rings is 2. The van der Waals surface area contributed by atoms with Crippen LogP contribution in [0.5, 0.6) is 11.5 Å². The smallest absolute Gasteiger partial charge is 0.231 e. The van der Waals surface area contributed by atoms with Gasteiger partial charge in [-0.3, -0.25) is 0 Å². The topological polar surface area (TPSA) is 67.2 Å². The highest BCUT2D eigenvalue weighted by atomic mass is 79.9. The number of nitrogens with zero attached hydrogens (tertiary/aromatic N) is 2. The van der Waals surface area contributed by atoms with E-state index in [0.717, 1.165) is 27.2 Å². The summed E-state index contributed by atoms with van der Waals surface area (Å²) in [6.07, 6.45) is 1.67. The monoisotopic (exact) mass is 425 g/mol. The van der Waals surface area contributed by atoms with Crippen LogP contribution in [0.2, 0.25) is 0 Å². The van der Waals surface area contributed by atoms with Crippen molar-refractivity contribution >= 4 is 38.5 Å². The number of fused-ring (bicyclic) bond motifs is 1. The predicted octanol–water partition coefficient (Wildman–Crippen LogP) is 5.28. The maximum absolute atomic E-state index is 9.48. The molecule has 2 aromatic carbocycles. The molecule has 1 aromatic heterocycles. The third kappa shape index (κ3) is 3.43. The van der Waals surface area contributed by atoms with E-state index in [9.17, 15) is 5.26 Å². The molecular weight excluding hydrogens is 414 g/mol. The van der Waals surface area contributed by atoms with Crippen LogP contribution in [0.15, 0.2) is 58.5 Å². The van der Waals surface area contributed by atoms with Crippen LogP contribution in [0.4, 0.5) is 5.69 Å². The first-order valence-corrected chi connectivity index (χ1v) is 9.38. The van der Waals surface area contributed by atoms with Crippen LogP contribution in [0.1, 0.15) is 5.01 Å². The van der Waals surface area contributed by atoms with Crippen LogP contribution >= 0.6 is 27.3 Å². The summed E-state index contributed by atoms with van der Waals surface area (Å²) in [7, 11) is 0.